The first-order valence-corrected chi connectivity index (χ1v) is 11.6. The third-order valence-corrected chi connectivity index (χ3v) is 5.08. The molecule has 0 radical (unpaired) electrons. The van der Waals surface area contributed by atoms with Crippen LogP contribution >= 0.6 is 0 Å². The lowest BCUT2D eigenvalue weighted by atomic mass is 10.2. The molecule has 0 aliphatic heterocycles. The van der Waals surface area contributed by atoms with Crippen LogP contribution in [0.25, 0.3) is 11.2 Å². The van der Waals surface area contributed by atoms with Gasteiger partial charge in [-0.3, -0.25) is 4.57 Å². The van der Waals surface area contributed by atoms with Crippen LogP contribution in [0.15, 0.2) is 67.0 Å². The van der Waals surface area contributed by atoms with Crippen molar-refractivity contribution < 1.29 is 18.9 Å². The summed E-state index contributed by atoms with van der Waals surface area (Å²) < 4.78 is 25.5. The largest absolute Gasteiger partial charge is 0.473 e. The summed E-state index contributed by atoms with van der Waals surface area (Å²) in [6.45, 7) is 5.76. The smallest absolute Gasteiger partial charge is 0.247 e. The molecule has 2 N–H and O–H groups in total. The molecule has 2 aromatic carbocycles. The van der Waals surface area contributed by atoms with E-state index in [2.05, 4.69) is 15.0 Å². The van der Waals surface area contributed by atoms with E-state index in [1.807, 2.05) is 74.5 Å². The first-order chi connectivity index (χ1) is 17.1. The quantitative estimate of drug-likeness (QED) is 0.308. The van der Waals surface area contributed by atoms with Gasteiger partial charge in [0.1, 0.15) is 12.8 Å². The van der Waals surface area contributed by atoms with E-state index in [4.69, 9.17) is 24.7 Å². The maximum atomic E-state index is 6.16. The number of nitrogens with zero attached hydrogens (tertiary/aromatic N) is 4. The number of benzene rings is 2. The summed E-state index contributed by atoms with van der Waals surface area (Å²) in [6, 6.07) is 20.0. The first kappa shape index (κ1) is 24.6. The highest BCUT2D eigenvalue weighted by molar-refractivity contribution is 5.77. The summed E-state index contributed by atoms with van der Waals surface area (Å²) in [4.78, 5) is 12.9. The Labute approximate surface area is 204 Å². The Morgan fingerprint density at radius 2 is 1.46 bits per heavy atom. The van der Waals surface area contributed by atoms with Gasteiger partial charge in [-0.05, 0) is 25.0 Å². The molecule has 184 valence electrons. The van der Waals surface area contributed by atoms with E-state index in [0.717, 1.165) is 11.1 Å². The molecule has 9 heteroatoms. The van der Waals surface area contributed by atoms with Crippen LogP contribution < -0.4 is 10.5 Å². The maximum absolute atomic E-state index is 6.16. The molecule has 0 unspecified atom stereocenters. The zero-order valence-corrected chi connectivity index (χ0v) is 20.0. The van der Waals surface area contributed by atoms with E-state index in [0.29, 0.717) is 43.5 Å². The number of fused-ring (bicyclic) bond motifs is 1. The van der Waals surface area contributed by atoms with Gasteiger partial charge in [-0.2, -0.15) is 9.97 Å². The monoisotopic (exact) mass is 477 g/mol. The number of anilines is 1. The lowest BCUT2D eigenvalue weighted by Crippen LogP contribution is -2.27. The average Bonchev–Trinajstić information content (AvgIpc) is 3.26. The SMILES string of the molecule is CC(C)Oc1nc(N)nc2c1ncn2COC(COCc1ccccc1)COCc1ccccc1. The van der Waals surface area contributed by atoms with Gasteiger partial charge in [-0.25, -0.2) is 4.98 Å². The van der Waals surface area contributed by atoms with Crippen LogP contribution in [0.2, 0.25) is 0 Å². The summed E-state index contributed by atoms with van der Waals surface area (Å²) in [6.07, 6.45) is 1.27. The predicted octanol–water partition coefficient (Wildman–Crippen LogP) is 3.97. The second kappa shape index (κ2) is 12.3. The van der Waals surface area contributed by atoms with Gasteiger partial charge < -0.3 is 24.7 Å². The van der Waals surface area contributed by atoms with Gasteiger partial charge in [-0.15, -0.1) is 0 Å². The third-order valence-electron chi connectivity index (χ3n) is 5.08. The molecule has 4 aromatic rings. The van der Waals surface area contributed by atoms with Crippen molar-refractivity contribution in [3.05, 3.63) is 78.1 Å². The molecular weight excluding hydrogens is 446 g/mol. The molecule has 0 spiro atoms. The molecule has 35 heavy (non-hydrogen) atoms. The molecule has 0 aliphatic rings. The minimum atomic E-state index is -0.301. The van der Waals surface area contributed by atoms with Gasteiger partial charge in [0.05, 0.1) is 38.9 Å². The van der Waals surface area contributed by atoms with Crippen LogP contribution in [0.5, 0.6) is 5.88 Å². The van der Waals surface area contributed by atoms with Crippen molar-refractivity contribution in [1.29, 1.82) is 0 Å². The van der Waals surface area contributed by atoms with Crippen molar-refractivity contribution in [1.82, 2.24) is 19.5 Å². The lowest BCUT2D eigenvalue weighted by Gasteiger charge is -2.19. The Morgan fingerprint density at radius 1 is 0.857 bits per heavy atom. The topological polar surface area (TPSA) is 107 Å². The van der Waals surface area contributed by atoms with E-state index in [1.165, 1.54) is 0 Å². The van der Waals surface area contributed by atoms with Crippen LogP contribution in [0.4, 0.5) is 5.95 Å². The molecular formula is C26H31N5O4. The fraction of sp³-hybridized carbons (Fsp3) is 0.346. The van der Waals surface area contributed by atoms with Crippen LogP contribution in [0.1, 0.15) is 25.0 Å². The minimum Gasteiger partial charge on any atom is -0.473 e. The number of ether oxygens (including phenoxy) is 4. The molecule has 9 nitrogen and oxygen atoms in total. The van der Waals surface area contributed by atoms with E-state index in [-0.39, 0.29) is 24.9 Å². The van der Waals surface area contributed by atoms with Gasteiger partial charge in [-0.1, -0.05) is 60.7 Å². The summed E-state index contributed by atoms with van der Waals surface area (Å²) in [5, 5.41) is 0. The average molecular weight is 478 g/mol. The van der Waals surface area contributed by atoms with Crippen molar-refractivity contribution in [2.75, 3.05) is 18.9 Å². The Hall–Kier alpha value is -3.53. The fourth-order valence-electron chi connectivity index (χ4n) is 3.43. The zero-order chi connectivity index (χ0) is 24.5. The number of hydrogen-bond donors (Lipinski definition) is 1. The highest BCUT2D eigenvalue weighted by atomic mass is 16.6. The molecule has 0 saturated heterocycles. The van der Waals surface area contributed by atoms with Crippen molar-refractivity contribution in [2.45, 2.75) is 46.0 Å². The minimum absolute atomic E-state index is 0.0678. The van der Waals surface area contributed by atoms with Crippen molar-refractivity contribution in [2.24, 2.45) is 0 Å². The lowest BCUT2D eigenvalue weighted by molar-refractivity contribution is -0.0866. The van der Waals surface area contributed by atoms with Gasteiger partial charge in [0.25, 0.3) is 0 Å². The number of nitrogen functional groups attached to an aromatic ring is 1. The highest BCUT2D eigenvalue weighted by Crippen LogP contribution is 2.23. The van der Waals surface area contributed by atoms with Gasteiger partial charge in [0.2, 0.25) is 11.8 Å². The van der Waals surface area contributed by atoms with E-state index in [9.17, 15) is 0 Å². The number of aromatic nitrogens is 4. The van der Waals surface area contributed by atoms with Gasteiger partial charge >= 0.3 is 0 Å². The maximum Gasteiger partial charge on any atom is 0.247 e. The van der Waals surface area contributed by atoms with Crippen LogP contribution in [-0.4, -0.2) is 44.9 Å². The Balaban J connectivity index is 1.40. The number of imidazole rings is 1. The fourth-order valence-corrected chi connectivity index (χ4v) is 3.43. The second-order valence-corrected chi connectivity index (χ2v) is 8.36. The molecule has 0 amide bonds. The second-order valence-electron chi connectivity index (χ2n) is 8.36. The van der Waals surface area contributed by atoms with Crippen molar-refractivity contribution in [3.8, 4) is 5.88 Å². The number of nitrogens with two attached hydrogens (primary N) is 1. The van der Waals surface area contributed by atoms with E-state index >= 15 is 0 Å². The van der Waals surface area contributed by atoms with Crippen LogP contribution in [0, 0.1) is 0 Å². The Kier molecular flexibility index (Phi) is 8.61. The normalized spacial score (nSPS) is 11.5. The summed E-state index contributed by atoms with van der Waals surface area (Å²) in [5.41, 5.74) is 9.18. The molecule has 4 rings (SSSR count). The van der Waals surface area contributed by atoms with E-state index < -0.39 is 0 Å². The number of rotatable bonds is 13. The molecule has 0 saturated carbocycles. The van der Waals surface area contributed by atoms with Gasteiger partial charge in [0.15, 0.2) is 11.2 Å². The zero-order valence-electron chi connectivity index (χ0n) is 20.0. The van der Waals surface area contributed by atoms with Crippen molar-refractivity contribution in [3.63, 3.8) is 0 Å². The van der Waals surface area contributed by atoms with E-state index in [1.54, 1.807) is 10.9 Å². The summed E-state index contributed by atoms with van der Waals surface area (Å²) >= 11 is 0. The van der Waals surface area contributed by atoms with Crippen molar-refractivity contribution >= 4 is 17.1 Å². The molecule has 0 atom stereocenters. The summed E-state index contributed by atoms with van der Waals surface area (Å²) in [5.74, 6) is 0.471. The molecule has 2 heterocycles. The number of hydrogen-bond acceptors (Lipinski definition) is 8. The molecule has 2 aromatic heterocycles. The summed E-state index contributed by atoms with van der Waals surface area (Å²) in [7, 11) is 0. The van der Waals surface area contributed by atoms with Gasteiger partial charge in [0, 0.05) is 0 Å². The molecule has 0 fully saturated rings. The first-order valence-electron chi connectivity index (χ1n) is 11.6. The standard InChI is InChI=1S/C26H31N5O4/c1-19(2)35-25-23-24(29-26(27)30-25)31(17-28-23)18-34-22(15-32-13-20-9-5-3-6-10-20)16-33-14-21-11-7-4-8-12-21/h3-12,17,19,22H,13-16,18H2,1-2H3,(H2,27,29,30). The molecule has 0 aliphatic carbocycles. The predicted molar refractivity (Wildman–Crippen MR) is 133 cm³/mol. The Bertz CT molecular complexity index is 1140. The van der Waals surface area contributed by atoms with Crippen LogP contribution in [0.3, 0.4) is 0 Å². The highest BCUT2D eigenvalue weighted by Gasteiger charge is 2.17. The van der Waals surface area contributed by atoms with Crippen LogP contribution in [-0.2, 0) is 34.2 Å². The Morgan fingerprint density at radius 3 is 2.03 bits per heavy atom. The third kappa shape index (κ3) is 7.22. The molecule has 0 bridgehead atoms.